The lowest BCUT2D eigenvalue weighted by Crippen LogP contribution is -2.11. The second-order valence-corrected chi connectivity index (χ2v) is 6.23. The molecule has 0 radical (unpaired) electrons. The summed E-state index contributed by atoms with van der Waals surface area (Å²) in [5.41, 5.74) is 2.81. The summed E-state index contributed by atoms with van der Waals surface area (Å²) in [5, 5.41) is 8.92. The van der Waals surface area contributed by atoms with E-state index in [9.17, 15) is 4.79 Å². The Balaban J connectivity index is 1.91. The molecule has 4 nitrogen and oxygen atoms in total. The molecule has 22 heavy (non-hydrogen) atoms. The SMILES string of the molecule is CC(C)(C)c1ccc(CCOc2cc(C(=O)O)ccn2)cc1. The van der Waals surface area contributed by atoms with Crippen molar-refractivity contribution in [1.29, 1.82) is 0 Å². The van der Waals surface area contributed by atoms with Gasteiger partial charge in [-0.25, -0.2) is 9.78 Å². The van der Waals surface area contributed by atoms with Gasteiger partial charge in [0, 0.05) is 18.7 Å². The maximum absolute atomic E-state index is 10.9. The Hall–Kier alpha value is -2.36. The number of aromatic nitrogens is 1. The van der Waals surface area contributed by atoms with Gasteiger partial charge in [0.15, 0.2) is 0 Å². The molecule has 1 aromatic heterocycles. The number of ether oxygens (including phenoxy) is 1. The number of carboxylic acid groups (broad SMARTS) is 1. The first-order valence-electron chi connectivity index (χ1n) is 7.28. The van der Waals surface area contributed by atoms with Crippen LogP contribution >= 0.6 is 0 Å². The van der Waals surface area contributed by atoms with Gasteiger partial charge in [0.1, 0.15) is 0 Å². The number of hydrogen-bond acceptors (Lipinski definition) is 3. The largest absolute Gasteiger partial charge is 0.478 e. The summed E-state index contributed by atoms with van der Waals surface area (Å²) in [6.45, 7) is 7.02. The van der Waals surface area contributed by atoms with E-state index in [0.29, 0.717) is 12.5 Å². The Morgan fingerprint density at radius 2 is 1.86 bits per heavy atom. The summed E-state index contributed by atoms with van der Waals surface area (Å²) < 4.78 is 5.52. The molecule has 2 aromatic rings. The molecule has 0 saturated heterocycles. The molecule has 0 aliphatic rings. The van der Waals surface area contributed by atoms with E-state index in [1.54, 1.807) is 0 Å². The Morgan fingerprint density at radius 1 is 1.18 bits per heavy atom. The van der Waals surface area contributed by atoms with Crippen molar-refractivity contribution in [3.05, 3.63) is 59.3 Å². The molecule has 0 saturated carbocycles. The molecule has 0 atom stereocenters. The molecule has 0 unspecified atom stereocenters. The van der Waals surface area contributed by atoms with Gasteiger partial charge in [0.2, 0.25) is 5.88 Å². The van der Waals surface area contributed by atoms with Crippen LogP contribution in [0.5, 0.6) is 5.88 Å². The highest BCUT2D eigenvalue weighted by molar-refractivity contribution is 5.87. The monoisotopic (exact) mass is 299 g/mol. The summed E-state index contributed by atoms with van der Waals surface area (Å²) in [7, 11) is 0. The first-order chi connectivity index (χ1) is 10.4. The molecule has 0 aliphatic heterocycles. The molecule has 1 N–H and O–H groups in total. The Bertz CT molecular complexity index is 642. The predicted octanol–water partition coefficient (Wildman–Crippen LogP) is 3.70. The quantitative estimate of drug-likeness (QED) is 0.914. The van der Waals surface area contributed by atoms with Gasteiger partial charge in [-0.15, -0.1) is 0 Å². The lowest BCUT2D eigenvalue weighted by atomic mass is 9.86. The minimum atomic E-state index is -0.981. The van der Waals surface area contributed by atoms with E-state index in [1.165, 1.54) is 29.5 Å². The molecule has 4 heteroatoms. The average Bonchev–Trinajstić information content (AvgIpc) is 2.47. The highest BCUT2D eigenvalue weighted by Gasteiger charge is 2.12. The second-order valence-electron chi connectivity index (χ2n) is 6.23. The third-order valence-electron chi connectivity index (χ3n) is 3.44. The number of pyridine rings is 1. The smallest absolute Gasteiger partial charge is 0.335 e. The van der Waals surface area contributed by atoms with Crippen LogP contribution in [0.2, 0.25) is 0 Å². The number of hydrogen-bond donors (Lipinski definition) is 1. The molecular weight excluding hydrogens is 278 g/mol. The van der Waals surface area contributed by atoms with E-state index in [0.717, 1.165) is 6.42 Å². The summed E-state index contributed by atoms with van der Waals surface area (Å²) in [4.78, 5) is 14.9. The van der Waals surface area contributed by atoms with Crippen molar-refractivity contribution in [2.24, 2.45) is 0 Å². The molecule has 0 aliphatic carbocycles. The zero-order chi connectivity index (χ0) is 16.2. The molecule has 2 rings (SSSR count). The normalized spacial score (nSPS) is 11.2. The number of nitrogens with zero attached hydrogens (tertiary/aromatic N) is 1. The highest BCUT2D eigenvalue weighted by atomic mass is 16.5. The van der Waals surface area contributed by atoms with Gasteiger partial charge < -0.3 is 9.84 Å². The Labute approximate surface area is 130 Å². The van der Waals surface area contributed by atoms with Crippen LogP contribution in [-0.2, 0) is 11.8 Å². The maximum atomic E-state index is 10.9. The first-order valence-corrected chi connectivity index (χ1v) is 7.28. The van der Waals surface area contributed by atoms with Crippen LogP contribution in [0.25, 0.3) is 0 Å². The summed E-state index contributed by atoms with van der Waals surface area (Å²) in [6.07, 6.45) is 2.19. The Kier molecular flexibility index (Phi) is 4.81. The number of benzene rings is 1. The van der Waals surface area contributed by atoms with E-state index in [1.807, 2.05) is 0 Å². The molecule has 0 amide bonds. The third kappa shape index (κ3) is 4.32. The Morgan fingerprint density at radius 3 is 2.45 bits per heavy atom. The zero-order valence-electron chi connectivity index (χ0n) is 13.2. The average molecular weight is 299 g/mol. The fourth-order valence-corrected chi connectivity index (χ4v) is 2.07. The fraction of sp³-hybridized carbons (Fsp3) is 0.333. The van der Waals surface area contributed by atoms with Gasteiger partial charge in [0.05, 0.1) is 12.2 Å². The summed E-state index contributed by atoms with van der Waals surface area (Å²) in [6, 6.07) is 11.4. The van der Waals surface area contributed by atoms with Crippen molar-refractivity contribution in [2.45, 2.75) is 32.6 Å². The van der Waals surface area contributed by atoms with E-state index in [4.69, 9.17) is 9.84 Å². The van der Waals surface area contributed by atoms with Crippen LogP contribution in [0.15, 0.2) is 42.6 Å². The maximum Gasteiger partial charge on any atom is 0.335 e. The third-order valence-corrected chi connectivity index (χ3v) is 3.44. The highest BCUT2D eigenvalue weighted by Crippen LogP contribution is 2.22. The van der Waals surface area contributed by atoms with Crippen LogP contribution in [0, 0.1) is 0 Å². The molecule has 1 heterocycles. The predicted molar refractivity (Wildman–Crippen MR) is 85.5 cm³/mol. The zero-order valence-corrected chi connectivity index (χ0v) is 13.2. The van der Waals surface area contributed by atoms with E-state index in [2.05, 4.69) is 50.0 Å². The van der Waals surface area contributed by atoms with Crippen molar-refractivity contribution in [3.63, 3.8) is 0 Å². The summed E-state index contributed by atoms with van der Waals surface area (Å²) in [5.74, 6) is -0.642. The van der Waals surface area contributed by atoms with Gasteiger partial charge in [-0.2, -0.15) is 0 Å². The molecule has 0 fully saturated rings. The van der Waals surface area contributed by atoms with Gasteiger partial charge in [-0.3, -0.25) is 0 Å². The van der Waals surface area contributed by atoms with Crippen LogP contribution in [0.3, 0.4) is 0 Å². The number of carbonyl (C=O) groups is 1. The number of rotatable bonds is 5. The van der Waals surface area contributed by atoms with Crippen molar-refractivity contribution in [3.8, 4) is 5.88 Å². The standard InChI is InChI=1S/C18H21NO3/c1-18(2,3)15-6-4-13(5-7-15)9-11-22-16-12-14(17(20)21)8-10-19-16/h4-8,10,12H,9,11H2,1-3H3,(H,20,21). The van der Waals surface area contributed by atoms with Gasteiger partial charge in [0.25, 0.3) is 0 Å². The second kappa shape index (κ2) is 6.60. The molecule has 0 spiro atoms. The van der Waals surface area contributed by atoms with Crippen molar-refractivity contribution in [2.75, 3.05) is 6.61 Å². The number of aromatic carboxylic acids is 1. The molecule has 1 aromatic carbocycles. The first kappa shape index (κ1) is 16.0. The van der Waals surface area contributed by atoms with Crippen LogP contribution in [-0.4, -0.2) is 22.7 Å². The number of carboxylic acids is 1. The molecule has 116 valence electrons. The lowest BCUT2D eigenvalue weighted by Gasteiger charge is -2.19. The topological polar surface area (TPSA) is 59.4 Å². The summed E-state index contributed by atoms with van der Waals surface area (Å²) >= 11 is 0. The van der Waals surface area contributed by atoms with Gasteiger partial charge >= 0.3 is 5.97 Å². The minimum absolute atomic E-state index is 0.149. The van der Waals surface area contributed by atoms with Gasteiger partial charge in [-0.05, 0) is 22.6 Å². The van der Waals surface area contributed by atoms with Crippen molar-refractivity contribution in [1.82, 2.24) is 4.98 Å². The van der Waals surface area contributed by atoms with Crippen LogP contribution in [0.4, 0.5) is 0 Å². The van der Waals surface area contributed by atoms with E-state index < -0.39 is 5.97 Å². The van der Waals surface area contributed by atoms with E-state index >= 15 is 0 Å². The van der Waals surface area contributed by atoms with Crippen molar-refractivity contribution >= 4 is 5.97 Å². The van der Waals surface area contributed by atoms with Crippen molar-refractivity contribution < 1.29 is 14.6 Å². The van der Waals surface area contributed by atoms with Gasteiger partial charge in [-0.1, -0.05) is 45.0 Å². The van der Waals surface area contributed by atoms with E-state index in [-0.39, 0.29) is 11.0 Å². The fourth-order valence-electron chi connectivity index (χ4n) is 2.07. The molecule has 0 bridgehead atoms. The van der Waals surface area contributed by atoms with Crippen LogP contribution in [0.1, 0.15) is 42.3 Å². The molecular formula is C18H21NO3. The van der Waals surface area contributed by atoms with Crippen LogP contribution < -0.4 is 4.74 Å². The minimum Gasteiger partial charge on any atom is -0.478 e. The lowest BCUT2D eigenvalue weighted by molar-refractivity contribution is 0.0696.